The number of hydrogen-bond donors (Lipinski definition) is 2. The lowest BCUT2D eigenvalue weighted by Gasteiger charge is -2.09. The summed E-state index contributed by atoms with van der Waals surface area (Å²) in [4.78, 5) is 7.95. The van der Waals surface area contributed by atoms with E-state index < -0.39 is 11.6 Å². The van der Waals surface area contributed by atoms with E-state index in [9.17, 15) is 8.78 Å². The molecule has 92 valence electrons. The molecule has 1 aromatic carbocycles. The van der Waals surface area contributed by atoms with Gasteiger partial charge in [0.05, 0.1) is 0 Å². The molecular weight excluding hydrogens is 258 g/mol. The summed E-state index contributed by atoms with van der Waals surface area (Å²) < 4.78 is 26.0. The van der Waals surface area contributed by atoms with Crippen molar-refractivity contribution in [1.82, 2.24) is 9.97 Å². The summed E-state index contributed by atoms with van der Waals surface area (Å²) in [5.74, 6) is -1.15. The molecule has 0 atom stereocenters. The lowest BCUT2D eigenvalue weighted by molar-refractivity contribution is 0.584. The maximum absolute atomic E-state index is 13.0. The summed E-state index contributed by atoms with van der Waals surface area (Å²) in [6, 6.07) is 3.03. The molecule has 0 saturated heterocycles. The molecule has 0 spiro atoms. The Balaban J connectivity index is 2.37. The fourth-order valence-electron chi connectivity index (χ4n) is 1.37. The molecule has 0 radical (unpaired) electrons. The van der Waals surface area contributed by atoms with Gasteiger partial charge in [0.2, 0.25) is 0 Å². The van der Waals surface area contributed by atoms with Crippen LogP contribution in [0.3, 0.4) is 0 Å². The first kappa shape index (κ1) is 12.3. The maximum Gasteiger partial charge on any atom is 0.159 e. The average Bonchev–Trinajstić information content (AvgIpc) is 2.27. The van der Waals surface area contributed by atoms with Crippen LogP contribution in [0.2, 0.25) is 0 Å². The number of anilines is 2. The number of benzene rings is 1. The average molecular weight is 266 g/mol. The molecule has 1 aromatic heterocycles. The SMILES string of the molecule is NC(=S)c1nccnc1Nc1cc(F)cc(F)c1. The van der Waals surface area contributed by atoms with E-state index in [0.29, 0.717) is 0 Å². The van der Waals surface area contributed by atoms with Gasteiger partial charge in [0, 0.05) is 24.1 Å². The van der Waals surface area contributed by atoms with Gasteiger partial charge in [-0.2, -0.15) is 0 Å². The summed E-state index contributed by atoms with van der Waals surface area (Å²) in [6.45, 7) is 0. The van der Waals surface area contributed by atoms with Crippen molar-refractivity contribution in [2.75, 3.05) is 5.32 Å². The molecule has 0 saturated carbocycles. The van der Waals surface area contributed by atoms with Crippen LogP contribution in [0.1, 0.15) is 5.69 Å². The number of thiocarbonyl (C=S) groups is 1. The molecule has 7 heteroatoms. The van der Waals surface area contributed by atoms with Gasteiger partial charge in [-0.25, -0.2) is 18.7 Å². The normalized spacial score (nSPS) is 10.1. The van der Waals surface area contributed by atoms with Gasteiger partial charge in [-0.15, -0.1) is 0 Å². The Kier molecular flexibility index (Phi) is 3.42. The summed E-state index contributed by atoms with van der Waals surface area (Å²) >= 11 is 4.80. The second-order valence-corrected chi connectivity index (χ2v) is 3.84. The molecular formula is C11H8F2N4S. The molecule has 2 rings (SSSR count). The molecule has 18 heavy (non-hydrogen) atoms. The highest BCUT2D eigenvalue weighted by molar-refractivity contribution is 7.80. The predicted molar refractivity (Wildman–Crippen MR) is 67.6 cm³/mol. The Morgan fingerprint density at radius 3 is 2.33 bits per heavy atom. The summed E-state index contributed by atoms with van der Waals surface area (Å²) in [5, 5.41) is 2.71. The highest BCUT2D eigenvalue weighted by Gasteiger charge is 2.09. The molecule has 0 aliphatic heterocycles. The highest BCUT2D eigenvalue weighted by atomic mass is 32.1. The fraction of sp³-hybridized carbons (Fsp3) is 0. The van der Waals surface area contributed by atoms with E-state index in [-0.39, 0.29) is 22.2 Å². The van der Waals surface area contributed by atoms with Crippen LogP contribution in [-0.4, -0.2) is 15.0 Å². The zero-order valence-corrected chi connectivity index (χ0v) is 9.84. The van der Waals surface area contributed by atoms with Crippen molar-refractivity contribution in [3.05, 3.63) is 47.9 Å². The monoisotopic (exact) mass is 266 g/mol. The number of rotatable bonds is 3. The third kappa shape index (κ3) is 2.75. The van der Waals surface area contributed by atoms with Gasteiger partial charge in [-0.1, -0.05) is 12.2 Å². The van der Waals surface area contributed by atoms with Crippen LogP contribution >= 0.6 is 12.2 Å². The van der Waals surface area contributed by atoms with Gasteiger partial charge < -0.3 is 11.1 Å². The lowest BCUT2D eigenvalue weighted by atomic mass is 10.3. The van der Waals surface area contributed by atoms with Crippen LogP contribution in [0.25, 0.3) is 0 Å². The van der Waals surface area contributed by atoms with E-state index in [1.165, 1.54) is 12.4 Å². The number of nitrogens with zero attached hydrogens (tertiary/aromatic N) is 2. The van der Waals surface area contributed by atoms with Crippen LogP contribution < -0.4 is 11.1 Å². The van der Waals surface area contributed by atoms with Crippen LogP contribution in [0.15, 0.2) is 30.6 Å². The highest BCUT2D eigenvalue weighted by Crippen LogP contribution is 2.19. The Morgan fingerprint density at radius 2 is 1.72 bits per heavy atom. The first-order chi connectivity index (χ1) is 8.56. The van der Waals surface area contributed by atoms with Crippen molar-refractivity contribution in [1.29, 1.82) is 0 Å². The van der Waals surface area contributed by atoms with E-state index in [0.717, 1.165) is 18.2 Å². The molecule has 0 amide bonds. The van der Waals surface area contributed by atoms with Gasteiger partial charge in [-0.05, 0) is 12.1 Å². The van der Waals surface area contributed by atoms with Gasteiger partial charge in [0.25, 0.3) is 0 Å². The second kappa shape index (κ2) is 5.01. The van der Waals surface area contributed by atoms with Gasteiger partial charge >= 0.3 is 0 Å². The molecule has 4 nitrogen and oxygen atoms in total. The molecule has 0 unspecified atom stereocenters. The second-order valence-electron chi connectivity index (χ2n) is 3.40. The topological polar surface area (TPSA) is 63.8 Å². The molecule has 2 aromatic rings. The predicted octanol–water partition coefficient (Wildman–Crippen LogP) is 2.13. The molecule has 3 N–H and O–H groups in total. The number of nitrogens with one attached hydrogen (secondary N) is 1. The third-order valence-corrected chi connectivity index (χ3v) is 2.25. The number of aromatic nitrogens is 2. The summed E-state index contributed by atoms with van der Waals surface area (Å²) in [6.07, 6.45) is 2.84. The Labute approximate surface area is 107 Å². The maximum atomic E-state index is 13.0. The summed E-state index contributed by atoms with van der Waals surface area (Å²) in [7, 11) is 0. The third-order valence-electron chi connectivity index (χ3n) is 2.06. The largest absolute Gasteiger partial charge is 0.388 e. The Bertz CT molecular complexity index is 583. The molecule has 0 fully saturated rings. The number of hydrogen-bond acceptors (Lipinski definition) is 4. The zero-order valence-electron chi connectivity index (χ0n) is 9.02. The van der Waals surface area contributed by atoms with Gasteiger partial charge in [0.1, 0.15) is 22.3 Å². The number of halogens is 2. The van der Waals surface area contributed by atoms with E-state index in [4.69, 9.17) is 18.0 Å². The van der Waals surface area contributed by atoms with Gasteiger partial charge in [0.15, 0.2) is 5.82 Å². The van der Waals surface area contributed by atoms with Crippen molar-refractivity contribution in [2.45, 2.75) is 0 Å². The molecule has 0 aliphatic carbocycles. The van der Waals surface area contributed by atoms with Gasteiger partial charge in [-0.3, -0.25) is 0 Å². The van der Waals surface area contributed by atoms with E-state index in [1.807, 2.05) is 0 Å². The van der Waals surface area contributed by atoms with Crippen LogP contribution in [-0.2, 0) is 0 Å². The van der Waals surface area contributed by atoms with Crippen molar-refractivity contribution in [3.63, 3.8) is 0 Å². The molecule has 0 aliphatic rings. The lowest BCUT2D eigenvalue weighted by Crippen LogP contribution is -2.15. The number of nitrogens with two attached hydrogens (primary N) is 1. The van der Waals surface area contributed by atoms with Crippen molar-refractivity contribution in [2.24, 2.45) is 5.73 Å². The van der Waals surface area contributed by atoms with Crippen LogP contribution in [0.5, 0.6) is 0 Å². The first-order valence-electron chi connectivity index (χ1n) is 4.90. The van der Waals surface area contributed by atoms with Crippen molar-refractivity contribution in [3.8, 4) is 0 Å². The van der Waals surface area contributed by atoms with Crippen LogP contribution in [0, 0.1) is 11.6 Å². The molecule has 1 heterocycles. The smallest absolute Gasteiger partial charge is 0.159 e. The minimum atomic E-state index is -0.696. The fourth-order valence-corrected chi connectivity index (χ4v) is 1.52. The van der Waals surface area contributed by atoms with E-state index in [2.05, 4.69) is 15.3 Å². The minimum absolute atomic E-state index is 0.0440. The van der Waals surface area contributed by atoms with E-state index >= 15 is 0 Å². The van der Waals surface area contributed by atoms with E-state index in [1.54, 1.807) is 0 Å². The van der Waals surface area contributed by atoms with Crippen LogP contribution in [0.4, 0.5) is 20.3 Å². The van der Waals surface area contributed by atoms with Crippen molar-refractivity contribution < 1.29 is 8.78 Å². The quantitative estimate of drug-likeness (QED) is 0.833. The zero-order chi connectivity index (χ0) is 13.1. The Hall–Kier alpha value is -2.15. The first-order valence-corrected chi connectivity index (χ1v) is 5.31. The molecule has 0 bridgehead atoms. The Morgan fingerprint density at radius 1 is 1.11 bits per heavy atom. The minimum Gasteiger partial charge on any atom is -0.388 e. The van der Waals surface area contributed by atoms with Crippen molar-refractivity contribution >= 4 is 28.7 Å². The standard InChI is InChI=1S/C11H8F2N4S/c12-6-3-7(13)5-8(4-6)17-11-9(10(14)18)15-1-2-16-11/h1-5H,(H2,14,18)(H,16,17). The summed E-state index contributed by atoms with van der Waals surface area (Å²) in [5.41, 5.74) is 5.93.